The summed E-state index contributed by atoms with van der Waals surface area (Å²) >= 11 is 1.93. The van der Waals surface area contributed by atoms with Crippen LogP contribution in [0.15, 0.2) is 47.9 Å². The van der Waals surface area contributed by atoms with Crippen molar-refractivity contribution in [1.82, 2.24) is 9.80 Å². The lowest BCUT2D eigenvalue weighted by Gasteiger charge is -2.38. The number of carboxylic acid groups (broad SMARTS) is 2. The van der Waals surface area contributed by atoms with E-state index >= 15 is 0 Å². The van der Waals surface area contributed by atoms with Crippen molar-refractivity contribution in [3.05, 3.63) is 69.4 Å². The van der Waals surface area contributed by atoms with Crippen molar-refractivity contribution in [2.75, 3.05) is 33.2 Å². The van der Waals surface area contributed by atoms with Crippen molar-refractivity contribution < 1.29 is 19.8 Å². The fourth-order valence-electron chi connectivity index (χ4n) is 3.81. The molecule has 1 fully saturated rings. The van der Waals surface area contributed by atoms with E-state index in [9.17, 15) is 9.59 Å². The Morgan fingerprint density at radius 3 is 2.24 bits per heavy atom. The molecule has 2 aliphatic rings. The summed E-state index contributed by atoms with van der Waals surface area (Å²) in [5.74, 6) is -2.51. The highest BCUT2D eigenvalue weighted by Gasteiger charge is 2.29. The summed E-state index contributed by atoms with van der Waals surface area (Å²) in [7, 11) is 2.23. The molecule has 1 saturated heterocycles. The van der Waals surface area contributed by atoms with Gasteiger partial charge in [0, 0.05) is 55.7 Å². The monoisotopic (exact) mass is 414 g/mol. The van der Waals surface area contributed by atoms with Gasteiger partial charge in [-0.2, -0.15) is 0 Å². The van der Waals surface area contributed by atoms with E-state index in [1.54, 1.807) is 16.0 Å². The molecule has 154 valence electrons. The number of rotatable bonds is 3. The average molecular weight is 415 g/mol. The Hall–Kier alpha value is -2.48. The first kappa shape index (κ1) is 21.2. The second-order valence-corrected chi connectivity index (χ2v) is 8.31. The number of piperazine rings is 1. The van der Waals surface area contributed by atoms with E-state index in [1.807, 2.05) is 11.3 Å². The molecule has 0 radical (unpaired) electrons. The topological polar surface area (TPSA) is 81.1 Å². The lowest BCUT2D eigenvalue weighted by atomic mass is 9.98. The van der Waals surface area contributed by atoms with Crippen LogP contribution in [0.2, 0.25) is 0 Å². The van der Waals surface area contributed by atoms with Crippen molar-refractivity contribution in [3.63, 3.8) is 0 Å². The predicted molar refractivity (Wildman–Crippen MR) is 113 cm³/mol. The highest BCUT2D eigenvalue weighted by molar-refractivity contribution is 7.10. The molecule has 7 heteroatoms. The van der Waals surface area contributed by atoms with Gasteiger partial charge in [-0.3, -0.25) is 4.90 Å². The van der Waals surface area contributed by atoms with Gasteiger partial charge in [-0.25, -0.2) is 9.59 Å². The van der Waals surface area contributed by atoms with Gasteiger partial charge in [-0.1, -0.05) is 24.3 Å². The summed E-state index contributed by atoms with van der Waals surface area (Å²) in [5, 5.41) is 17.9. The molecular formula is C22H26N2O4S. The number of aliphatic carboxylic acids is 2. The summed E-state index contributed by atoms with van der Waals surface area (Å²) in [6.07, 6.45) is 3.40. The summed E-state index contributed by atoms with van der Waals surface area (Å²) in [6.45, 7) is 4.77. The Kier molecular flexibility index (Phi) is 7.19. The summed E-state index contributed by atoms with van der Waals surface area (Å²) < 4.78 is 0. The van der Waals surface area contributed by atoms with Gasteiger partial charge in [0.05, 0.1) is 0 Å². The van der Waals surface area contributed by atoms with Crippen LogP contribution in [0, 0.1) is 0 Å². The minimum absolute atomic E-state index is 0.558. The molecule has 0 spiro atoms. The third kappa shape index (κ3) is 5.76. The SMILES string of the molecule is CN1CCN(C2Cc3ccccc3Cc3sccc32)CC1.O=C(O)/C=C\C(=O)O. The zero-order chi connectivity index (χ0) is 20.8. The number of likely N-dealkylation sites (N-methyl/N-ethyl adjacent to an activating group) is 1. The Morgan fingerprint density at radius 2 is 1.62 bits per heavy atom. The molecule has 0 amide bonds. The highest BCUT2D eigenvalue weighted by Crippen LogP contribution is 2.37. The zero-order valence-electron chi connectivity index (χ0n) is 16.5. The molecule has 1 atom stereocenters. The van der Waals surface area contributed by atoms with E-state index < -0.39 is 11.9 Å². The van der Waals surface area contributed by atoms with Gasteiger partial charge in [0.2, 0.25) is 0 Å². The van der Waals surface area contributed by atoms with Gasteiger partial charge in [-0.15, -0.1) is 11.3 Å². The summed E-state index contributed by atoms with van der Waals surface area (Å²) in [4.78, 5) is 25.8. The lowest BCUT2D eigenvalue weighted by molar-refractivity contribution is -0.134. The van der Waals surface area contributed by atoms with Crippen LogP contribution in [0.3, 0.4) is 0 Å². The Balaban J connectivity index is 0.000000258. The Morgan fingerprint density at radius 1 is 1.00 bits per heavy atom. The normalized spacial score (nSPS) is 19.6. The third-order valence-electron chi connectivity index (χ3n) is 5.37. The molecule has 29 heavy (non-hydrogen) atoms. The van der Waals surface area contributed by atoms with Gasteiger partial charge in [0.15, 0.2) is 0 Å². The first-order valence-corrected chi connectivity index (χ1v) is 10.5. The van der Waals surface area contributed by atoms with Crippen LogP contribution in [0.5, 0.6) is 0 Å². The van der Waals surface area contributed by atoms with Crippen LogP contribution in [-0.4, -0.2) is 65.2 Å². The van der Waals surface area contributed by atoms with Gasteiger partial charge in [-0.05, 0) is 41.6 Å². The summed E-state index contributed by atoms with van der Waals surface area (Å²) in [6, 6.07) is 12.0. The average Bonchev–Trinajstić information content (AvgIpc) is 3.09. The minimum atomic E-state index is -1.26. The maximum Gasteiger partial charge on any atom is 0.328 e. The second kappa shape index (κ2) is 9.82. The number of carbonyl (C=O) groups is 2. The Labute approximate surface area is 174 Å². The second-order valence-electron chi connectivity index (χ2n) is 7.31. The molecule has 1 aliphatic heterocycles. The molecule has 2 heterocycles. The van der Waals surface area contributed by atoms with E-state index in [0.29, 0.717) is 18.2 Å². The van der Waals surface area contributed by atoms with Crippen molar-refractivity contribution in [2.45, 2.75) is 18.9 Å². The zero-order valence-corrected chi connectivity index (χ0v) is 17.3. The van der Waals surface area contributed by atoms with E-state index in [1.165, 1.54) is 38.2 Å². The molecule has 1 unspecified atom stereocenters. The molecule has 1 aromatic carbocycles. The largest absolute Gasteiger partial charge is 0.478 e. The number of carboxylic acids is 2. The van der Waals surface area contributed by atoms with Crippen LogP contribution in [0.4, 0.5) is 0 Å². The molecule has 2 N–H and O–H groups in total. The first-order chi connectivity index (χ1) is 13.9. The molecule has 4 rings (SSSR count). The van der Waals surface area contributed by atoms with Crippen molar-refractivity contribution in [3.8, 4) is 0 Å². The number of nitrogens with zero attached hydrogens (tertiary/aromatic N) is 2. The van der Waals surface area contributed by atoms with Gasteiger partial charge < -0.3 is 15.1 Å². The number of hydrogen-bond donors (Lipinski definition) is 2. The number of hydrogen-bond acceptors (Lipinski definition) is 5. The fourth-order valence-corrected chi connectivity index (χ4v) is 4.77. The highest BCUT2D eigenvalue weighted by atomic mass is 32.1. The van der Waals surface area contributed by atoms with Gasteiger partial charge in [0.25, 0.3) is 0 Å². The van der Waals surface area contributed by atoms with Crippen LogP contribution in [-0.2, 0) is 22.4 Å². The van der Waals surface area contributed by atoms with E-state index in [-0.39, 0.29) is 0 Å². The van der Waals surface area contributed by atoms with Crippen LogP contribution in [0.25, 0.3) is 0 Å². The van der Waals surface area contributed by atoms with Crippen LogP contribution in [0.1, 0.15) is 27.6 Å². The van der Waals surface area contributed by atoms with E-state index in [0.717, 1.165) is 6.42 Å². The van der Waals surface area contributed by atoms with E-state index in [2.05, 4.69) is 52.6 Å². The molecule has 2 aromatic rings. The quantitative estimate of drug-likeness (QED) is 0.752. The van der Waals surface area contributed by atoms with Gasteiger partial charge >= 0.3 is 11.9 Å². The minimum Gasteiger partial charge on any atom is -0.478 e. The van der Waals surface area contributed by atoms with Crippen molar-refractivity contribution >= 4 is 23.3 Å². The Bertz CT molecular complexity index is 868. The van der Waals surface area contributed by atoms with Crippen molar-refractivity contribution in [2.24, 2.45) is 0 Å². The molecular weight excluding hydrogens is 388 g/mol. The lowest BCUT2D eigenvalue weighted by Crippen LogP contribution is -2.46. The van der Waals surface area contributed by atoms with E-state index in [4.69, 9.17) is 10.2 Å². The van der Waals surface area contributed by atoms with Crippen LogP contribution < -0.4 is 0 Å². The number of benzene rings is 1. The molecule has 0 saturated carbocycles. The summed E-state index contributed by atoms with van der Waals surface area (Å²) in [5.41, 5.74) is 4.66. The maximum absolute atomic E-state index is 9.55. The molecule has 6 nitrogen and oxygen atoms in total. The smallest absolute Gasteiger partial charge is 0.328 e. The number of fused-ring (bicyclic) bond motifs is 2. The molecule has 1 aliphatic carbocycles. The standard InChI is InChI=1S/C18H22N2S.C4H4O4/c1-19-7-9-20(10-8-19)17-12-14-4-2-3-5-15(14)13-18-16(17)6-11-21-18;5-3(6)1-2-4(7)8/h2-6,11,17H,7-10,12-13H2,1H3;1-2H,(H,5,6)(H,7,8)/b;2-1-. The number of thiophene rings is 1. The van der Waals surface area contributed by atoms with Gasteiger partial charge in [0.1, 0.15) is 0 Å². The molecule has 0 bridgehead atoms. The molecule has 1 aromatic heterocycles. The maximum atomic E-state index is 9.55. The third-order valence-corrected chi connectivity index (χ3v) is 6.31. The first-order valence-electron chi connectivity index (χ1n) is 9.63. The fraction of sp³-hybridized carbons (Fsp3) is 0.364. The van der Waals surface area contributed by atoms with Crippen LogP contribution >= 0.6 is 11.3 Å². The van der Waals surface area contributed by atoms with Crippen molar-refractivity contribution in [1.29, 1.82) is 0 Å². The predicted octanol–water partition coefficient (Wildman–Crippen LogP) is 2.90.